The standard InChI is InChI=1S/C19H19N3O3S/c1-11-8-12-10-22(19(23)21(12)9-11)18-16-13(4-3-5-14(16)25-20-18)17-15(24-2)6-7-26-17/h3-7,11-12H,8-10H2,1-2H3/t11-,12-/m0/s1. The van der Waals surface area contributed by atoms with Crippen LogP contribution in [0.15, 0.2) is 34.2 Å². The van der Waals surface area contributed by atoms with Gasteiger partial charge in [-0.25, -0.2) is 4.79 Å². The highest BCUT2D eigenvalue weighted by Crippen LogP contribution is 2.43. The van der Waals surface area contributed by atoms with Crippen LogP contribution in [-0.2, 0) is 0 Å². The van der Waals surface area contributed by atoms with E-state index in [-0.39, 0.29) is 12.1 Å². The third kappa shape index (κ3) is 2.16. The minimum atomic E-state index is 0.0301. The third-order valence-electron chi connectivity index (χ3n) is 5.32. The SMILES string of the molecule is COc1ccsc1-c1cccc2onc(N3C[C@@H]4C[C@H](C)CN4C3=O)c12. The van der Waals surface area contributed by atoms with E-state index in [1.165, 1.54) is 0 Å². The van der Waals surface area contributed by atoms with Crippen LogP contribution in [0, 0.1) is 5.92 Å². The van der Waals surface area contributed by atoms with E-state index in [0.717, 1.165) is 34.5 Å². The first-order chi connectivity index (χ1) is 12.7. The normalized spacial score (nSPS) is 22.5. The Hall–Kier alpha value is -2.54. The van der Waals surface area contributed by atoms with Gasteiger partial charge in [0.2, 0.25) is 0 Å². The maximum absolute atomic E-state index is 12.9. The minimum absolute atomic E-state index is 0.0301. The Morgan fingerprint density at radius 3 is 3.00 bits per heavy atom. The highest BCUT2D eigenvalue weighted by molar-refractivity contribution is 7.14. The van der Waals surface area contributed by atoms with Crippen molar-refractivity contribution in [2.45, 2.75) is 19.4 Å². The van der Waals surface area contributed by atoms with E-state index in [0.29, 0.717) is 23.9 Å². The Labute approximate surface area is 154 Å². The minimum Gasteiger partial charge on any atom is -0.495 e. The van der Waals surface area contributed by atoms with E-state index in [1.807, 2.05) is 34.5 Å². The number of ether oxygens (including phenoxy) is 1. The molecule has 2 aromatic heterocycles. The van der Waals surface area contributed by atoms with Gasteiger partial charge in [0.1, 0.15) is 5.75 Å². The highest BCUT2D eigenvalue weighted by atomic mass is 32.1. The fourth-order valence-electron chi connectivity index (χ4n) is 4.18. The van der Waals surface area contributed by atoms with Gasteiger partial charge in [0.05, 0.1) is 23.4 Å². The molecule has 2 aliphatic heterocycles. The van der Waals surface area contributed by atoms with E-state index in [2.05, 4.69) is 12.1 Å². The van der Waals surface area contributed by atoms with Crippen molar-refractivity contribution in [2.75, 3.05) is 25.1 Å². The van der Waals surface area contributed by atoms with Gasteiger partial charge in [-0.05, 0) is 29.9 Å². The van der Waals surface area contributed by atoms with Crippen molar-refractivity contribution < 1.29 is 14.1 Å². The summed E-state index contributed by atoms with van der Waals surface area (Å²) in [5.74, 6) is 1.99. The van der Waals surface area contributed by atoms with Crippen LogP contribution in [0.2, 0.25) is 0 Å². The topological polar surface area (TPSA) is 58.8 Å². The average Bonchev–Trinajstić information content (AvgIpc) is 3.39. The number of anilines is 1. The molecule has 6 nitrogen and oxygen atoms in total. The average molecular weight is 369 g/mol. The van der Waals surface area contributed by atoms with Gasteiger partial charge in [0.15, 0.2) is 11.4 Å². The number of amides is 2. The van der Waals surface area contributed by atoms with E-state index in [4.69, 9.17) is 9.26 Å². The first-order valence-corrected chi connectivity index (χ1v) is 9.63. The molecule has 0 bridgehead atoms. The van der Waals surface area contributed by atoms with Crippen LogP contribution in [0.4, 0.5) is 10.6 Å². The molecule has 2 amide bonds. The number of aromatic nitrogens is 1. The van der Waals surface area contributed by atoms with Crippen molar-refractivity contribution in [3.63, 3.8) is 0 Å². The molecule has 0 unspecified atom stereocenters. The van der Waals surface area contributed by atoms with E-state index < -0.39 is 0 Å². The number of methoxy groups -OCH3 is 1. The fourth-order valence-corrected chi connectivity index (χ4v) is 5.08. The molecule has 7 heteroatoms. The molecule has 0 N–H and O–H groups in total. The molecule has 2 saturated heterocycles. The van der Waals surface area contributed by atoms with Crippen LogP contribution in [0.5, 0.6) is 5.75 Å². The lowest BCUT2D eigenvalue weighted by atomic mass is 10.1. The molecule has 0 radical (unpaired) electrons. The van der Waals surface area contributed by atoms with Gasteiger partial charge in [-0.15, -0.1) is 11.3 Å². The molecule has 134 valence electrons. The Kier molecular flexibility index (Phi) is 3.46. The number of nitrogens with zero attached hydrogens (tertiary/aromatic N) is 3. The molecule has 2 atom stereocenters. The van der Waals surface area contributed by atoms with Crippen molar-refractivity contribution in [1.82, 2.24) is 10.1 Å². The van der Waals surface area contributed by atoms with E-state index in [9.17, 15) is 4.79 Å². The van der Waals surface area contributed by atoms with Crippen molar-refractivity contribution >= 4 is 34.2 Å². The zero-order chi connectivity index (χ0) is 17.8. The number of carbonyl (C=O) groups excluding carboxylic acids is 1. The number of urea groups is 1. The fraction of sp³-hybridized carbons (Fsp3) is 0.368. The predicted molar refractivity (Wildman–Crippen MR) is 101 cm³/mol. The molecule has 4 heterocycles. The van der Waals surface area contributed by atoms with Crippen LogP contribution >= 0.6 is 11.3 Å². The van der Waals surface area contributed by atoms with Crippen LogP contribution in [-0.4, -0.2) is 42.3 Å². The quantitative estimate of drug-likeness (QED) is 0.694. The van der Waals surface area contributed by atoms with Gasteiger partial charge in [-0.1, -0.05) is 24.2 Å². The maximum Gasteiger partial charge on any atom is 0.326 e. The first-order valence-electron chi connectivity index (χ1n) is 8.75. The molecular weight excluding hydrogens is 350 g/mol. The second-order valence-electron chi connectivity index (χ2n) is 7.04. The number of fused-ring (bicyclic) bond motifs is 2. The number of thiophene rings is 1. The number of rotatable bonds is 3. The lowest BCUT2D eigenvalue weighted by Gasteiger charge is -2.16. The zero-order valence-electron chi connectivity index (χ0n) is 14.6. The summed E-state index contributed by atoms with van der Waals surface area (Å²) in [4.78, 5) is 17.7. The molecule has 2 aliphatic rings. The first kappa shape index (κ1) is 15.7. The molecule has 2 fully saturated rings. The predicted octanol–water partition coefficient (Wildman–Crippen LogP) is 4.22. The summed E-state index contributed by atoms with van der Waals surface area (Å²) in [6, 6.07) is 8.11. The van der Waals surface area contributed by atoms with Gasteiger partial charge in [-0.3, -0.25) is 4.90 Å². The van der Waals surface area contributed by atoms with E-state index in [1.54, 1.807) is 23.3 Å². The van der Waals surface area contributed by atoms with Crippen LogP contribution in [0.25, 0.3) is 21.4 Å². The number of hydrogen-bond donors (Lipinski definition) is 0. The molecule has 5 rings (SSSR count). The van der Waals surface area contributed by atoms with Crippen molar-refractivity contribution in [3.05, 3.63) is 29.6 Å². The second kappa shape index (κ2) is 5.74. The van der Waals surface area contributed by atoms with Gasteiger partial charge in [0.25, 0.3) is 0 Å². The number of hydrogen-bond acceptors (Lipinski definition) is 5. The molecular formula is C19H19N3O3S. The maximum atomic E-state index is 12.9. The van der Waals surface area contributed by atoms with E-state index >= 15 is 0 Å². The Morgan fingerprint density at radius 2 is 2.19 bits per heavy atom. The summed E-state index contributed by atoms with van der Waals surface area (Å²) >= 11 is 1.61. The molecule has 0 spiro atoms. The summed E-state index contributed by atoms with van der Waals surface area (Å²) in [7, 11) is 1.67. The summed E-state index contributed by atoms with van der Waals surface area (Å²) < 4.78 is 11.1. The number of carbonyl (C=O) groups is 1. The summed E-state index contributed by atoms with van der Waals surface area (Å²) in [5, 5.41) is 7.14. The van der Waals surface area contributed by atoms with Crippen molar-refractivity contribution in [3.8, 4) is 16.2 Å². The monoisotopic (exact) mass is 369 g/mol. The summed E-state index contributed by atoms with van der Waals surface area (Å²) in [6.07, 6.45) is 1.05. The second-order valence-corrected chi connectivity index (χ2v) is 7.96. The van der Waals surface area contributed by atoms with Crippen molar-refractivity contribution in [1.29, 1.82) is 0 Å². The zero-order valence-corrected chi connectivity index (χ0v) is 15.5. The molecule has 3 aromatic rings. The molecule has 26 heavy (non-hydrogen) atoms. The molecule has 1 aromatic carbocycles. The van der Waals surface area contributed by atoms with Crippen LogP contribution in [0.3, 0.4) is 0 Å². The molecule has 0 saturated carbocycles. The van der Waals surface area contributed by atoms with Gasteiger partial charge < -0.3 is 14.2 Å². The van der Waals surface area contributed by atoms with Gasteiger partial charge in [0, 0.05) is 18.7 Å². The Bertz CT molecular complexity index is 995. The smallest absolute Gasteiger partial charge is 0.326 e. The molecule has 0 aliphatic carbocycles. The highest BCUT2D eigenvalue weighted by Gasteiger charge is 2.44. The summed E-state index contributed by atoms with van der Waals surface area (Å²) in [5.41, 5.74) is 1.67. The van der Waals surface area contributed by atoms with Crippen LogP contribution < -0.4 is 9.64 Å². The summed E-state index contributed by atoms with van der Waals surface area (Å²) in [6.45, 7) is 3.69. The van der Waals surface area contributed by atoms with Gasteiger partial charge >= 0.3 is 6.03 Å². The Balaban J connectivity index is 1.63. The largest absolute Gasteiger partial charge is 0.495 e. The lowest BCUT2D eigenvalue weighted by Crippen LogP contribution is -2.32. The number of benzene rings is 1. The van der Waals surface area contributed by atoms with Gasteiger partial charge in [-0.2, -0.15) is 0 Å². The van der Waals surface area contributed by atoms with Crippen LogP contribution in [0.1, 0.15) is 13.3 Å². The Morgan fingerprint density at radius 1 is 1.31 bits per heavy atom. The lowest BCUT2D eigenvalue weighted by molar-refractivity contribution is 0.218. The third-order valence-corrected chi connectivity index (χ3v) is 6.25. The van der Waals surface area contributed by atoms with Crippen molar-refractivity contribution in [2.24, 2.45) is 5.92 Å².